The average Bonchev–Trinajstić information content (AvgIpc) is 2.93. The quantitative estimate of drug-likeness (QED) is 0.899. The van der Waals surface area contributed by atoms with E-state index in [1.54, 1.807) is 12.1 Å². The van der Waals surface area contributed by atoms with Gasteiger partial charge in [0.1, 0.15) is 11.9 Å². The number of amides is 1. The number of rotatable bonds is 2. The third-order valence-electron chi connectivity index (χ3n) is 4.64. The van der Waals surface area contributed by atoms with Crippen LogP contribution < -0.4 is 5.73 Å². The lowest BCUT2D eigenvalue weighted by atomic mass is 10.0. The summed E-state index contributed by atoms with van der Waals surface area (Å²) >= 11 is 0. The lowest BCUT2D eigenvalue weighted by Crippen LogP contribution is -2.47. The van der Waals surface area contributed by atoms with Crippen LogP contribution in [0.15, 0.2) is 24.3 Å². The molecule has 0 aromatic heterocycles. The number of ether oxygens (including phenoxy) is 1. The summed E-state index contributed by atoms with van der Waals surface area (Å²) in [5.74, 6) is -0.0233. The molecule has 4 unspecified atom stereocenters. The van der Waals surface area contributed by atoms with Crippen LogP contribution >= 0.6 is 12.4 Å². The van der Waals surface area contributed by atoms with Gasteiger partial charge >= 0.3 is 0 Å². The zero-order chi connectivity index (χ0) is 15.7. The van der Waals surface area contributed by atoms with E-state index >= 15 is 0 Å². The molecule has 1 aromatic carbocycles. The molecule has 2 fully saturated rings. The Kier molecular flexibility index (Phi) is 6.00. The summed E-state index contributed by atoms with van der Waals surface area (Å²) in [6, 6.07) is 6.47. The molecule has 1 aliphatic heterocycles. The van der Waals surface area contributed by atoms with E-state index in [0.29, 0.717) is 13.1 Å². The predicted octanol–water partition coefficient (Wildman–Crippen LogP) is 2.66. The number of hydrogen-bond donors (Lipinski definition) is 1. The molecule has 0 radical (unpaired) electrons. The van der Waals surface area contributed by atoms with Gasteiger partial charge in [0.25, 0.3) is 0 Å². The molecule has 1 saturated heterocycles. The Labute approximate surface area is 142 Å². The predicted molar refractivity (Wildman–Crippen MR) is 88.8 cm³/mol. The maximum absolute atomic E-state index is 13.1. The van der Waals surface area contributed by atoms with Crippen LogP contribution in [-0.4, -0.2) is 36.0 Å². The van der Waals surface area contributed by atoms with Gasteiger partial charge in [-0.2, -0.15) is 0 Å². The smallest absolute Gasteiger partial charge is 0.225 e. The summed E-state index contributed by atoms with van der Waals surface area (Å²) in [4.78, 5) is 14.6. The zero-order valence-corrected chi connectivity index (χ0v) is 14.1. The normalized spacial score (nSPS) is 30.8. The van der Waals surface area contributed by atoms with Crippen molar-refractivity contribution in [3.63, 3.8) is 0 Å². The molecule has 1 saturated carbocycles. The van der Waals surface area contributed by atoms with Crippen LogP contribution in [0.25, 0.3) is 0 Å². The number of hydrogen-bond acceptors (Lipinski definition) is 3. The minimum Gasteiger partial charge on any atom is -0.367 e. The summed E-state index contributed by atoms with van der Waals surface area (Å²) in [6.45, 7) is 3.11. The van der Waals surface area contributed by atoms with E-state index in [2.05, 4.69) is 0 Å². The van der Waals surface area contributed by atoms with Crippen LogP contribution in [0.5, 0.6) is 0 Å². The Morgan fingerprint density at radius 1 is 1.26 bits per heavy atom. The van der Waals surface area contributed by atoms with Crippen molar-refractivity contribution in [3.8, 4) is 0 Å². The average molecular weight is 343 g/mol. The third-order valence-corrected chi connectivity index (χ3v) is 4.64. The molecule has 0 spiro atoms. The van der Waals surface area contributed by atoms with Gasteiger partial charge in [-0.05, 0) is 43.9 Å². The van der Waals surface area contributed by atoms with Crippen molar-refractivity contribution in [1.82, 2.24) is 4.90 Å². The highest BCUT2D eigenvalue weighted by Crippen LogP contribution is 2.30. The lowest BCUT2D eigenvalue weighted by molar-refractivity contribution is -0.148. The molecule has 4 atom stereocenters. The second kappa shape index (κ2) is 7.60. The molecule has 3 rings (SSSR count). The van der Waals surface area contributed by atoms with E-state index < -0.39 is 0 Å². The van der Waals surface area contributed by atoms with Crippen molar-refractivity contribution in [2.45, 2.75) is 44.4 Å². The second-order valence-electron chi connectivity index (χ2n) is 6.50. The van der Waals surface area contributed by atoms with E-state index in [4.69, 9.17) is 10.5 Å². The summed E-state index contributed by atoms with van der Waals surface area (Å²) in [5.41, 5.74) is 6.83. The molecule has 6 heteroatoms. The van der Waals surface area contributed by atoms with E-state index in [1.807, 2.05) is 11.8 Å². The summed E-state index contributed by atoms with van der Waals surface area (Å²) in [7, 11) is 0. The largest absolute Gasteiger partial charge is 0.367 e. The van der Waals surface area contributed by atoms with Crippen LogP contribution in [0, 0.1) is 11.7 Å². The fraction of sp³-hybridized carbons (Fsp3) is 0.588. The molecule has 128 valence electrons. The van der Waals surface area contributed by atoms with Crippen molar-refractivity contribution in [2.75, 3.05) is 13.1 Å². The van der Waals surface area contributed by atoms with Crippen LogP contribution in [0.2, 0.25) is 0 Å². The summed E-state index contributed by atoms with van der Waals surface area (Å²) in [5, 5.41) is 0. The highest BCUT2D eigenvalue weighted by Gasteiger charge is 2.35. The van der Waals surface area contributed by atoms with E-state index in [1.165, 1.54) is 12.1 Å². The minimum atomic E-state index is -0.263. The molecular weight excluding hydrogens is 319 g/mol. The molecule has 2 N–H and O–H groups in total. The van der Waals surface area contributed by atoms with Crippen LogP contribution in [-0.2, 0) is 9.53 Å². The molecule has 1 aliphatic carbocycles. The lowest BCUT2D eigenvalue weighted by Gasteiger charge is -2.38. The first-order valence-corrected chi connectivity index (χ1v) is 7.98. The molecule has 1 amide bonds. The summed E-state index contributed by atoms with van der Waals surface area (Å²) in [6.07, 6.45) is 2.38. The van der Waals surface area contributed by atoms with Crippen LogP contribution in [0.3, 0.4) is 0 Å². The molecule has 4 nitrogen and oxygen atoms in total. The van der Waals surface area contributed by atoms with Gasteiger partial charge in [0.2, 0.25) is 5.91 Å². The highest BCUT2D eigenvalue weighted by molar-refractivity contribution is 5.85. The molecule has 1 heterocycles. The van der Waals surface area contributed by atoms with Gasteiger partial charge in [-0.1, -0.05) is 12.1 Å². The van der Waals surface area contributed by atoms with Gasteiger partial charge in [0.15, 0.2) is 0 Å². The standard InChI is InChI=1S/C17H23FN2O2.ClH/c1-11-9-20(17(21)13-4-7-15(19)8-13)10-16(22-11)12-2-5-14(18)6-3-12;/h2-3,5-6,11,13,15-16H,4,7-10,19H2,1H3;1H. The number of carbonyl (C=O) groups excluding carboxylic acids is 1. The first-order valence-electron chi connectivity index (χ1n) is 7.98. The maximum Gasteiger partial charge on any atom is 0.225 e. The maximum atomic E-state index is 13.1. The first kappa shape index (κ1) is 18.2. The number of nitrogens with two attached hydrogens (primary N) is 1. The number of benzene rings is 1. The Morgan fingerprint density at radius 3 is 2.57 bits per heavy atom. The zero-order valence-electron chi connectivity index (χ0n) is 13.3. The van der Waals surface area contributed by atoms with Crippen molar-refractivity contribution in [1.29, 1.82) is 0 Å². The van der Waals surface area contributed by atoms with Crippen molar-refractivity contribution < 1.29 is 13.9 Å². The monoisotopic (exact) mass is 342 g/mol. The molecule has 23 heavy (non-hydrogen) atoms. The third kappa shape index (κ3) is 4.22. The van der Waals surface area contributed by atoms with Gasteiger partial charge in [-0.3, -0.25) is 4.79 Å². The first-order chi connectivity index (χ1) is 10.5. The number of morpholine rings is 1. The highest BCUT2D eigenvalue weighted by atomic mass is 35.5. The van der Waals surface area contributed by atoms with E-state index in [0.717, 1.165) is 24.8 Å². The van der Waals surface area contributed by atoms with Crippen LogP contribution in [0.1, 0.15) is 37.9 Å². The van der Waals surface area contributed by atoms with Crippen molar-refractivity contribution in [3.05, 3.63) is 35.6 Å². The summed E-state index contributed by atoms with van der Waals surface area (Å²) < 4.78 is 19.0. The number of carbonyl (C=O) groups is 1. The Balaban J connectivity index is 0.00000192. The Hall–Kier alpha value is -1.17. The van der Waals surface area contributed by atoms with Gasteiger partial charge in [0.05, 0.1) is 12.6 Å². The van der Waals surface area contributed by atoms with Crippen LogP contribution in [0.4, 0.5) is 4.39 Å². The van der Waals surface area contributed by atoms with Gasteiger partial charge < -0.3 is 15.4 Å². The minimum absolute atomic E-state index is 0. The molecule has 0 bridgehead atoms. The second-order valence-corrected chi connectivity index (χ2v) is 6.50. The SMILES string of the molecule is CC1CN(C(=O)C2CCC(N)C2)CC(c2ccc(F)cc2)O1.Cl. The van der Waals surface area contributed by atoms with Crippen molar-refractivity contribution in [2.24, 2.45) is 11.7 Å². The van der Waals surface area contributed by atoms with E-state index in [9.17, 15) is 9.18 Å². The number of nitrogens with zero attached hydrogens (tertiary/aromatic N) is 1. The van der Waals surface area contributed by atoms with Gasteiger partial charge in [-0.15, -0.1) is 12.4 Å². The van der Waals surface area contributed by atoms with E-state index in [-0.39, 0.29) is 48.3 Å². The fourth-order valence-electron chi connectivity index (χ4n) is 3.49. The molecular formula is C17H24ClFN2O2. The molecule has 2 aliphatic rings. The Bertz CT molecular complexity index is 540. The Morgan fingerprint density at radius 2 is 1.96 bits per heavy atom. The number of halogens is 2. The topological polar surface area (TPSA) is 55.6 Å². The van der Waals surface area contributed by atoms with Gasteiger partial charge in [-0.25, -0.2) is 4.39 Å². The van der Waals surface area contributed by atoms with Crippen molar-refractivity contribution >= 4 is 18.3 Å². The molecule has 1 aromatic rings. The van der Waals surface area contributed by atoms with Gasteiger partial charge in [0, 0.05) is 18.5 Å². The fourth-order valence-corrected chi connectivity index (χ4v) is 3.49.